The van der Waals surface area contributed by atoms with Gasteiger partial charge >= 0.3 is 0 Å². The SMILES string of the molecule is CC1=C(C)N(O)C(Cc2ccccn2)N1[O-]. The van der Waals surface area contributed by atoms with Crippen LogP contribution in [0.25, 0.3) is 0 Å². The first-order chi connectivity index (χ1) is 7.61. The third-order valence-corrected chi connectivity index (χ3v) is 2.87. The molecule has 1 aliphatic rings. The van der Waals surface area contributed by atoms with E-state index in [1.165, 1.54) is 0 Å². The fourth-order valence-corrected chi connectivity index (χ4v) is 1.75. The Kier molecular flexibility index (Phi) is 2.80. The lowest BCUT2D eigenvalue weighted by molar-refractivity contribution is -0.106. The Labute approximate surface area is 94.2 Å². The molecule has 1 aliphatic heterocycles. The van der Waals surface area contributed by atoms with Crippen LogP contribution in [-0.4, -0.2) is 26.5 Å². The summed E-state index contributed by atoms with van der Waals surface area (Å²) in [4.78, 5) is 4.14. The van der Waals surface area contributed by atoms with Crippen LogP contribution in [0.4, 0.5) is 0 Å². The highest BCUT2D eigenvalue weighted by Gasteiger charge is 2.28. The van der Waals surface area contributed by atoms with Crippen molar-refractivity contribution in [2.45, 2.75) is 26.4 Å². The second-order valence-corrected chi connectivity index (χ2v) is 3.85. The van der Waals surface area contributed by atoms with Gasteiger partial charge in [0.15, 0.2) is 0 Å². The van der Waals surface area contributed by atoms with E-state index in [-0.39, 0.29) is 0 Å². The molecule has 0 fully saturated rings. The van der Waals surface area contributed by atoms with Gasteiger partial charge in [0.2, 0.25) is 0 Å². The number of hydrogen-bond donors (Lipinski definition) is 1. The maximum atomic E-state index is 11.8. The van der Waals surface area contributed by atoms with Crippen molar-refractivity contribution in [2.75, 3.05) is 0 Å². The van der Waals surface area contributed by atoms with Gasteiger partial charge in [0.25, 0.3) is 0 Å². The largest absolute Gasteiger partial charge is 0.757 e. The molecule has 1 aromatic heterocycles. The maximum absolute atomic E-state index is 11.8. The molecule has 0 aliphatic carbocycles. The normalized spacial score (nSPS) is 20.9. The maximum Gasteiger partial charge on any atom is 0.122 e. The van der Waals surface area contributed by atoms with Crippen molar-refractivity contribution in [1.29, 1.82) is 0 Å². The molecule has 5 nitrogen and oxygen atoms in total. The van der Waals surface area contributed by atoms with E-state index >= 15 is 0 Å². The van der Waals surface area contributed by atoms with Gasteiger partial charge < -0.3 is 10.3 Å². The van der Waals surface area contributed by atoms with Crippen molar-refractivity contribution in [1.82, 2.24) is 15.1 Å². The molecule has 0 radical (unpaired) electrons. The van der Waals surface area contributed by atoms with Crippen LogP contribution in [-0.2, 0) is 6.42 Å². The predicted octanol–water partition coefficient (Wildman–Crippen LogP) is 1.71. The number of hydroxylamine groups is 4. The van der Waals surface area contributed by atoms with E-state index in [1.807, 2.05) is 18.2 Å². The number of rotatable bonds is 2. The van der Waals surface area contributed by atoms with E-state index < -0.39 is 6.17 Å². The minimum absolute atomic E-state index is 0.398. The number of allylic oxidation sites excluding steroid dienone is 2. The van der Waals surface area contributed by atoms with Crippen LogP contribution in [0.3, 0.4) is 0 Å². The Morgan fingerprint density at radius 2 is 2.12 bits per heavy atom. The molecule has 5 heteroatoms. The van der Waals surface area contributed by atoms with Crippen molar-refractivity contribution >= 4 is 0 Å². The van der Waals surface area contributed by atoms with Crippen LogP contribution in [0, 0.1) is 5.21 Å². The number of hydrogen-bond acceptors (Lipinski definition) is 5. The molecule has 1 aromatic rings. The third kappa shape index (κ3) is 1.75. The molecule has 0 saturated carbocycles. The highest BCUT2D eigenvalue weighted by atomic mass is 16.6. The molecule has 1 N–H and O–H groups in total. The molecule has 0 saturated heterocycles. The third-order valence-electron chi connectivity index (χ3n) is 2.87. The smallest absolute Gasteiger partial charge is 0.122 e. The van der Waals surface area contributed by atoms with E-state index in [0.29, 0.717) is 17.8 Å². The van der Waals surface area contributed by atoms with Gasteiger partial charge in [-0.1, -0.05) is 6.07 Å². The summed E-state index contributed by atoms with van der Waals surface area (Å²) < 4.78 is 0. The Balaban J connectivity index is 2.14. The fourth-order valence-electron chi connectivity index (χ4n) is 1.75. The number of pyridine rings is 1. The second kappa shape index (κ2) is 4.11. The molecule has 0 spiro atoms. The van der Waals surface area contributed by atoms with Crippen molar-refractivity contribution in [2.24, 2.45) is 0 Å². The molecule has 1 unspecified atom stereocenters. The zero-order chi connectivity index (χ0) is 11.7. The highest BCUT2D eigenvalue weighted by molar-refractivity contribution is 5.17. The zero-order valence-electron chi connectivity index (χ0n) is 9.29. The van der Waals surface area contributed by atoms with Crippen LogP contribution in [0.15, 0.2) is 35.8 Å². The Bertz CT molecular complexity index is 387. The van der Waals surface area contributed by atoms with Crippen LogP contribution < -0.4 is 0 Å². The van der Waals surface area contributed by atoms with Gasteiger partial charge in [-0.05, 0) is 26.0 Å². The summed E-state index contributed by atoms with van der Waals surface area (Å²) in [6.07, 6.45) is 1.47. The minimum atomic E-state index is -0.602. The summed E-state index contributed by atoms with van der Waals surface area (Å²) in [5, 5.41) is 23.4. The van der Waals surface area contributed by atoms with Crippen LogP contribution in [0.1, 0.15) is 19.5 Å². The predicted molar refractivity (Wildman–Crippen MR) is 58.9 cm³/mol. The van der Waals surface area contributed by atoms with Gasteiger partial charge in [0.05, 0.1) is 5.70 Å². The van der Waals surface area contributed by atoms with Crippen LogP contribution >= 0.6 is 0 Å². The summed E-state index contributed by atoms with van der Waals surface area (Å²) in [6, 6.07) is 5.52. The average molecular weight is 220 g/mol. The molecular formula is C11H14N3O2-. The lowest BCUT2D eigenvalue weighted by Crippen LogP contribution is -2.37. The summed E-state index contributed by atoms with van der Waals surface area (Å²) in [6.45, 7) is 3.42. The zero-order valence-corrected chi connectivity index (χ0v) is 9.29. The quantitative estimate of drug-likeness (QED) is 0.822. The van der Waals surface area contributed by atoms with Crippen molar-refractivity contribution in [3.63, 3.8) is 0 Å². The molecule has 0 amide bonds. The first-order valence-corrected chi connectivity index (χ1v) is 5.13. The second-order valence-electron chi connectivity index (χ2n) is 3.85. The monoisotopic (exact) mass is 220 g/mol. The van der Waals surface area contributed by atoms with Crippen LogP contribution in [0.2, 0.25) is 0 Å². The Morgan fingerprint density at radius 3 is 2.62 bits per heavy atom. The number of aromatic nitrogens is 1. The molecular weight excluding hydrogens is 206 g/mol. The average Bonchev–Trinajstić information content (AvgIpc) is 2.48. The first-order valence-electron chi connectivity index (χ1n) is 5.13. The van der Waals surface area contributed by atoms with Gasteiger partial charge in [-0.25, -0.2) is 5.06 Å². The lowest BCUT2D eigenvalue weighted by Gasteiger charge is -2.35. The van der Waals surface area contributed by atoms with Gasteiger partial charge in [0, 0.05) is 24.0 Å². The van der Waals surface area contributed by atoms with E-state index in [2.05, 4.69) is 4.98 Å². The Hall–Kier alpha value is -1.59. The van der Waals surface area contributed by atoms with Gasteiger partial charge in [-0.3, -0.25) is 10.2 Å². The molecule has 86 valence electrons. The lowest BCUT2D eigenvalue weighted by atomic mass is 10.2. The van der Waals surface area contributed by atoms with Crippen LogP contribution in [0.5, 0.6) is 0 Å². The molecule has 16 heavy (non-hydrogen) atoms. The van der Waals surface area contributed by atoms with E-state index in [4.69, 9.17) is 0 Å². The van der Waals surface area contributed by atoms with Crippen molar-refractivity contribution in [3.8, 4) is 0 Å². The molecule has 2 heterocycles. The van der Waals surface area contributed by atoms with Gasteiger partial charge in [-0.2, -0.15) is 0 Å². The molecule has 0 aromatic carbocycles. The van der Waals surface area contributed by atoms with Gasteiger partial charge in [0.1, 0.15) is 6.17 Å². The summed E-state index contributed by atoms with van der Waals surface area (Å²) >= 11 is 0. The van der Waals surface area contributed by atoms with E-state index in [1.54, 1.807) is 20.0 Å². The minimum Gasteiger partial charge on any atom is -0.757 e. The number of nitrogens with zero attached hydrogens (tertiary/aromatic N) is 3. The summed E-state index contributed by atoms with van der Waals surface area (Å²) in [5.41, 5.74) is 1.93. The Morgan fingerprint density at radius 1 is 1.38 bits per heavy atom. The topological polar surface area (TPSA) is 62.7 Å². The fraction of sp³-hybridized carbons (Fsp3) is 0.364. The molecule has 0 bridgehead atoms. The van der Waals surface area contributed by atoms with Crippen molar-refractivity contribution in [3.05, 3.63) is 46.7 Å². The molecule has 1 atom stereocenters. The summed E-state index contributed by atoms with van der Waals surface area (Å²) in [5.74, 6) is 0. The van der Waals surface area contributed by atoms with Gasteiger partial charge in [-0.15, -0.1) is 0 Å². The standard InChI is InChI=1S/C11H14N3O2/c1-8-9(2)14(16)11(13(8)15)7-10-5-3-4-6-12-10/h3-6,11,15H,7H2,1-2H3/q-1. The van der Waals surface area contributed by atoms with E-state index in [0.717, 1.165) is 15.8 Å². The van der Waals surface area contributed by atoms with Crippen molar-refractivity contribution < 1.29 is 5.21 Å². The highest BCUT2D eigenvalue weighted by Crippen LogP contribution is 2.27. The summed E-state index contributed by atoms with van der Waals surface area (Å²) in [7, 11) is 0. The molecule has 2 rings (SSSR count). The first kappa shape index (κ1) is 10.9. The van der Waals surface area contributed by atoms with E-state index in [9.17, 15) is 10.4 Å².